The van der Waals surface area contributed by atoms with Gasteiger partial charge in [-0.2, -0.15) is 5.10 Å². The van der Waals surface area contributed by atoms with E-state index < -0.39 is 0 Å². The molecule has 114 valence electrons. The van der Waals surface area contributed by atoms with Gasteiger partial charge in [0.25, 0.3) is 0 Å². The van der Waals surface area contributed by atoms with Gasteiger partial charge in [-0.25, -0.2) is 0 Å². The fourth-order valence-electron chi connectivity index (χ4n) is 2.33. The summed E-state index contributed by atoms with van der Waals surface area (Å²) < 4.78 is 1.90. The third-order valence-corrected chi connectivity index (χ3v) is 4.48. The standard InChI is InChI=1S/C15H18Cl3N3/c1-3-13-15(18)14(21(4-2)20-13)8-12(19)10-7-9(16)5-6-11(10)17/h5-7,12H,3-4,8,19H2,1-2H3. The monoisotopic (exact) mass is 345 g/mol. The fraction of sp³-hybridized carbons (Fsp3) is 0.400. The first kappa shape index (κ1) is 16.6. The Morgan fingerprint density at radius 3 is 2.57 bits per heavy atom. The first-order chi connectivity index (χ1) is 9.97. The van der Waals surface area contributed by atoms with Crippen molar-refractivity contribution in [3.8, 4) is 0 Å². The topological polar surface area (TPSA) is 43.8 Å². The van der Waals surface area contributed by atoms with Gasteiger partial charge in [-0.15, -0.1) is 0 Å². The summed E-state index contributed by atoms with van der Waals surface area (Å²) in [6.07, 6.45) is 1.37. The van der Waals surface area contributed by atoms with Crippen molar-refractivity contribution >= 4 is 34.8 Å². The van der Waals surface area contributed by atoms with Crippen molar-refractivity contribution in [2.24, 2.45) is 5.73 Å². The van der Waals surface area contributed by atoms with Crippen molar-refractivity contribution in [3.05, 3.63) is 50.2 Å². The van der Waals surface area contributed by atoms with Crippen LogP contribution in [0.3, 0.4) is 0 Å². The summed E-state index contributed by atoms with van der Waals surface area (Å²) in [6, 6.07) is 5.03. The van der Waals surface area contributed by atoms with E-state index >= 15 is 0 Å². The number of hydrogen-bond donors (Lipinski definition) is 1. The molecule has 1 aromatic carbocycles. The maximum absolute atomic E-state index is 6.41. The van der Waals surface area contributed by atoms with E-state index in [2.05, 4.69) is 5.10 Å². The highest BCUT2D eigenvalue weighted by atomic mass is 35.5. The molecule has 0 aliphatic heterocycles. The Labute approximate surface area is 140 Å². The molecule has 0 fully saturated rings. The van der Waals surface area contributed by atoms with Gasteiger partial charge in [-0.1, -0.05) is 41.7 Å². The average Bonchev–Trinajstić information content (AvgIpc) is 2.77. The van der Waals surface area contributed by atoms with Crippen LogP contribution in [0.15, 0.2) is 18.2 Å². The molecule has 0 saturated carbocycles. The molecule has 6 heteroatoms. The summed E-state index contributed by atoms with van der Waals surface area (Å²) in [5.41, 5.74) is 8.96. The molecule has 0 amide bonds. The van der Waals surface area contributed by atoms with Crippen molar-refractivity contribution in [2.45, 2.75) is 39.3 Å². The molecule has 0 spiro atoms. The molecule has 1 aromatic heterocycles. The molecule has 0 aliphatic rings. The first-order valence-corrected chi connectivity index (χ1v) is 8.05. The van der Waals surface area contributed by atoms with Gasteiger partial charge in [0.1, 0.15) is 0 Å². The molecule has 0 aliphatic carbocycles. The lowest BCUT2D eigenvalue weighted by Crippen LogP contribution is -2.17. The van der Waals surface area contributed by atoms with Crippen LogP contribution in [0, 0.1) is 0 Å². The van der Waals surface area contributed by atoms with Crippen LogP contribution in [0.4, 0.5) is 0 Å². The van der Waals surface area contributed by atoms with Crippen LogP contribution < -0.4 is 5.73 Å². The van der Waals surface area contributed by atoms with Crippen LogP contribution in [-0.4, -0.2) is 9.78 Å². The van der Waals surface area contributed by atoms with Crippen molar-refractivity contribution in [1.82, 2.24) is 9.78 Å². The van der Waals surface area contributed by atoms with Gasteiger partial charge in [0, 0.05) is 29.1 Å². The molecule has 1 heterocycles. The van der Waals surface area contributed by atoms with Crippen molar-refractivity contribution in [3.63, 3.8) is 0 Å². The lowest BCUT2D eigenvalue weighted by Gasteiger charge is -2.15. The zero-order valence-electron chi connectivity index (χ0n) is 12.0. The van der Waals surface area contributed by atoms with E-state index in [-0.39, 0.29) is 6.04 Å². The number of nitrogens with zero attached hydrogens (tertiary/aromatic N) is 2. The molecule has 1 atom stereocenters. The molecule has 3 nitrogen and oxygen atoms in total. The molecule has 2 aromatic rings. The van der Waals surface area contributed by atoms with Crippen LogP contribution in [0.1, 0.15) is 36.8 Å². The van der Waals surface area contributed by atoms with E-state index in [4.69, 9.17) is 40.5 Å². The molecular weight excluding hydrogens is 329 g/mol. The third-order valence-electron chi connectivity index (χ3n) is 3.46. The number of hydrogen-bond acceptors (Lipinski definition) is 2. The second-order valence-electron chi connectivity index (χ2n) is 4.85. The normalized spacial score (nSPS) is 12.7. The van der Waals surface area contributed by atoms with Crippen LogP contribution >= 0.6 is 34.8 Å². The van der Waals surface area contributed by atoms with Gasteiger partial charge in [0.15, 0.2) is 0 Å². The molecular formula is C15H18Cl3N3. The Balaban J connectivity index is 2.33. The predicted octanol–water partition coefficient (Wildman–Crippen LogP) is 4.67. The van der Waals surface area contributed by atoms with Crippen molar-refractivity contribution in [1.29, 1.82) is 0 Å². The van der Waals surface area contributed by atoms with Crippen LogP contribution in [0.25, 0.3) is 0 Å². The Hall–Kier alpha value is -0.740. The number of rotatable bonds is 5. The maximum Gasteiger partial charge on any atom is 0.0850 e. The van der Waals surface area contributed by atoms with E-state index in [1.165, 1.54) is 0 Å². The molecule has 2 N–H and O–H groups in total. The highest BCUT2D eigenvalue weighted by Gasteiger charge is 2.19. The van der Waals surface area contributed by atoms with Gasteiger partial charge in [-0.05, 0) is 37.1 Å². The van der Waals surface area contributed by atoms with Crippen LogP contribution in [0.2, 0.25) is 15.1 Å². The highest BCUT2D eigenvalue weighted by Crippen LogP contribution is 2.30. The fourth-order valence-corrected chi connectivity index (χ4v) is 3.11. The Bertz CT molecular complexity index is 637. The van der Waals surface area contributed by atoms with Crippen LogP contribution in [-0.2, 0) is 19.4 Å². The molecule has 0 radical (unpaired) electrons. The zero-order chi connectivity index (χ0) is 15.6. The summed E-state index contributed by atoms with van der Waals surface area (Å²) in [7, 11) is 0. The first-order valence-electron chi connectivity index (χ1n) is 6.92. The van der Waals surface area contributed by atoms with Crippen molar-refractivity contribution in [2.75, 3.05) is 0 Å². The average molecular weight is 347 g/mol. The van der Waals surface area contributed by atoms with Crippen molar-refractivity contribution < 1.29 is 0 Å². The number of aryl methyl sites for hydroxylation is 2. The SMILES string of the molecule is CCc1nn(CC)c(CC(N)c2cc(Cl)ccc2Cl)c1Cl. The van der Waals surface area contributed by atoms with Gasteiger partial charge in [0.2, 0.25) is 0 Å². The van der Waals surface area contributed by atoms with Gasteiger partial charge < -0.3 is 5.73 Å². The molecule has 21 heavy (non-hydrogen) atoms. The zero-order valence-corrected chi connectivity index (χ0v) is 14.3. The Morgan fingerprint density at radius 1 is 1.24 bits per heavy atom. The maximum atomic E-state index is 6.41. The summed E-state index contributed by atoms with van der Waals surface area (Å²) in [5, 5.41) is 6.44. The lowest BCUT2D eigenvalue weighted by molar-refractivity contribution is 0.585. The van der Waals surface area contributed by atoms with E-state index in [1.54, 1.807) is 18.2 Å². The minimum absolute atomic E-state index is 0.277. The molecule has 0 saturated heterocycles. The van der Waals surface area contributed by atoms with E-state index in [0.717, 1.165) is 29.9 Å². The summed E-state index contributed by atoms with van der Waals surface area (Å²) in [6.45, 7) is 4.82. The quantitative estimate of drug-likeness (QED) is 0.855. The minimum atomic E-state index is -0.277. The third kappa shape index (κ3) is 3.54. The molecule has 2 rings (SSSR count). The lowest BCUT2D eigenvalue weighted by atomic mass is 10.0. The van der Waals surface area contributed by atoms with E-state index in [0.29, 0.717) is 21.5 Å². The Kier molecular flexibility index (Phi) is 5.55. The summed E-state index contributed by atoms with van der Waals surface area (Å²) >= 11 is 18.6. The van der Waals surface area contributed by atoms with E-state index in [1.807, 2.05) is 18.5 Å². The number of halogens is 3. The van der Waals surface area contributed by atoms with Crippen LogP contribution in [0.5, 0.6) is 0 Å². The van der Waals surface area contributed by atoms with Gasteiger partial charge >= 0.3 is 0 Å². The second kappa shape index (κ2) is 7.01. The summed E-state index contributed by atoms with van der Waals surface area (Å²) in [4.78, 5) is 0. The number of benzene rings is 1. The second-order valence-corrected chi connectivity index (χ2v) is 6.07. The minimum Gasteiger partial charge on any atom is -0.324 e. The van der Waals surface area contributed by atoms with Gasteiger partial charge in [0.05, 0.1) is 16.4 Å². The number of aromatic nitrogens is 2. The number of nitrogens with two attached hydrogens (primary N) is 1. The molecule has 1 unspecified atom stereocenters. The summed E-state index contributed by atoms with van der Waals surface area (Å²) in [5.74, 6) is 0. The predicted molar refractivity (Wildman–Crippen MR) is 89.4 cm³/mol. The molecule has 0 bridgehead atoms. The Morgan fingerprint density at radius 2 is 1.95 bits per heavy atom. The highest BCUT2D eigenvalue weighted by molar-refractivity contribution is 6.33. The van der Waals surface area contributed by atoms with Gasteiger partial charge in [-0.3, -0.25) is 4.68 Å². The largest absolute Gasteiger partial charge is 0.324 e. The van der Waals surface area contributed by atoms with E-state index in [9.17, 15) is 0 Å². The smallest absolute Gasteiger partial charge is 0.0850 e.